The van der Waals surface area contributed by atoms with Crippen molar-refractivity contribution in [3.63, 3.8) is 0 Å². The van der Waals surface area contributed by atoms with Gasteiger partial charge in [0.2, 0.25) is 0 Å². The van der Waals surface area contributed by atoms with Crippen molar-refractivity contribution in [2.45, 2.75) is 11.3 Å². The van der Waals surface area contributed by atoms with Gasteiger partial charge in [0, 0.05) is 0 Å². The predicted octanol–water partition coefficient (Wildman–Crippen LogP) is 2.25. The maximum absolute atomic E-state index is 11.8. The molecule has 0 bridgehead atoms. The fourth-order valence-electron chi connectivity index (χ4n) is 0.871. The molecule has 0 heterocycles. The molecule has 0 spiro atoms. The molecule has 0 aliphatic rings. The van der Waals surface area contributed by atoms with Gasteiger partial charge < -0.3 is 4.74 Å². The molecule has 7 heteroatoms. The number of hydrogen-bond acceptors (Lipinski definition) is 3. The topological polar surface area (TPSA) is 35.5 Å². The van der Waals surface area contributed by atoms with Crippen LogP contribution in [0, 0.1) is 0 Å². The molecule has 0 N–H and O–H groups in total. The number of benzene rings is 1. The first-order chi connectivity index (χ1) is 6.92. The third-order valence-electron chi connectivity index (χ3n) is 1.38. The Morgan fingerprint density at radius 3 is 2.53 bits per heavy atom. The third kappa shape index (κ3) is 3.88. The first-order valence-corrected chi connectivity index (χ1v) is 4.82. The Bertz CT molecular complexity index is 364. The van der Waals surface area contributed by atoms with E-state index in [1.165, 1.54) is 19.2 Å². The summed E-state index contributed by atoms with van der Waals surface area (Å²) in [6.45, 7) is 0. The molecule has 1 atom stereocenters. The number of alkyl halides is 3. The smallest absolute Gasteiger partial charge is 0.406 e. The maximum Gasteiger partial charge on any atom is 0.573 e. The third-order valence-corrected chi connectivity index (χ3v) is 2.32. The lowest BCUT2D eigenvalue weighted by molar-refractivity contribution is -0.274. The van der Waals surface area contributed by atoms with Crippen LogP contribution in [0.4, 0.5) is 13.2 Å². The standard InChI is InChI=1S/C8H7F3O3S/c1-13-15(12)7-4-2-3-6(5-7)14-8(9,10)11/h2-5H,1H3. The van der Waals surface area contributed by atoms with Crippen molar-refractivity contribution < 1.29 is 26.3 Å². The summed E-state index contributed by atoms with van der Waals surface area (Å²) in [5, 5.41) is 0. The van der Waals surface area contributed by atoms with Crippen molar-refractivity contribution in [3.05, 3.63) is 24.3 Å². The second-order valence-corrected chi connectivity index (χ2v) is 3.70. The first kappa shape index (κ1) is 12.0. The Balaban J connectivity index is 2.88. The fourth-order valence-corrected chi connectivity index (χ4v) is 1.47. The van der Waals surface area contributed by atoms with Crippen LogP contribution >= 0.6 is 0 Å². The quantitative estimate of drug-likeness (QED) is 0.812. The Labute approximate surface area is 86.5 Å². The van der Waals surface area contributed by atoms with E-state index in [0.29, 0.717) is 0 Å². The zero-order valence-corrected chi connectivity index (χ0v) is 8.39. The van der Waals surface area contributed by atoms with Gasteiger partial charge in [-0.1, -0.05) is 6.07 Å². The average molecular weight is 240 g/mol. The molecule has 1 aromatic carbocycles. The SMILES string of the molecule is COS(=O)c1cccc(OC(F)(F)F)c1. The van der Waals surface area contributed by atoms with E-state index >= 15 is 0 Å². The zero-order chi connectivity index (χ0) is 11.5. The van der Waals surface area contributed by atoms with Gasteiger partial charge in [0.15, 0.2) is 11.1 Å². The molecule has 0 amide bonds. The van der Waals surface area contributed by atoms with E-state index in [1.807, 2.05) is 0 Å². The molecule has 1 unspecified atom stereocenters. The second-order valence-electron chi connectivity index (χ2n) is 2.42. The van der Waals surface area contributed by atoms with E-state index in [2.05, 4.69) is 8.92 Å². The lowest BCUT2D eigenvalue weighted by atomic mass is 10.3. The molecule has 0 aliphatic carbocycles. The summed E-state index contributed by atoms with van der Waals surface area (Å²) >= 11 is -1.78. The number of halogens is 3. The van der Waals surface area contributed by atoms with E-state index < -0.39 is 23.2 Å². The van der Waals surface area contributed by atoms with Crippen LogP contribution in [0.3, 0.4) is 0 Å². The normalized spacial score (nSPS) is 13.6. The fraction of sp³-hybridized carbons (Fsp3) is 0.250. The number of hydrogen-bond donors (Lipinski definition) is 0. The van der Waals surface area contributed by atoms with Crippen LogP contribution in [0.5, 0.6) is 5.75 Å². The summed E-state index contributed by atoms with van der Waals surface area (Å²) in [5.74, 6) is -0.426. The summed E-state index contributed by atoms with van der Waals surface area (Å²) in [4.78, 5) is 0.110. The highest BCUT2D eigenvalue weighted by molar-refractivity contribution is 7.80. The highest BCUT2D eigenvalue weighted by Gasteiger charge is 2.31. The minimum absolute atomic E-state index is 0.110. The molecule has 0 saturated carbocycles. The summed E-state index contributed by atoms with van der Waals surface area (Å²) in [5.41, 5.74) is 0. The van der Waals surface area contributed by atoms with Crippen molar-refractivity contribution in [1.82, 2.24) is 0 Å². The minimum atomic E-state index is -4.76. The molecule has 84 valence electrons. The maximum atomic E-state index is 11.8. The molecule has 0 radical (unpaired) electrons. The van der Waals surface area contributed by atoms with Gasteiger partial charge in [-0.05, 0) is 18.2 Å². The molecule has 1 aromatic rings. The highest BCUT2D eigenvalue weighted by atomic mass is 32.2. The number of ether oxygens (including phenoxy) is 1. The van der Waals surface area contributed by atoms with Crippen molar-refractivity contribution in [1.29, 1.82) is 0 Å². The molecular weight excluding hydrogens is 233 g/mol. The van der Waals surface area contributed by atoms with Crippen molar-refractivity contribution in [2.75, 3.05) is 7.11 Å². The largest absolute Gasteiger partial charge is 0.573 e. The Kier molecular flexibility index (Phi) is 3.70. The molecular formula is C8H7F3O3S. The molecule has 1 rings (SSSR count). The van der Waals surface area contributed by atoms with Gasteiger partial charge in [-0.2, -0.15) is 0 Å². The number of rotatable bonds is 3. The molecule has 15 heavy (non-hydrogen) atoms. The summed E-state index contributed by atoms with van der Waals surface area (Å²) in [6, 6.07) is 4.80. The van der Waals surface area contributed by atoms with E-state index in [-0.39, 0.29) is 4.90 Å². The van der Waals surface area contributed by atoms with Gasteiger partial charge >= 0.3 is 6.36 Å². The first-order valence-electron chi connectivity index (χ1n) is 3.74. The van der Waals surface area contributed by atoms with E-state index in [1.54, 1.807) is 0 Å². The van der Waals surface area contributed by atoms with Gasteiger partial charge in [0.1, 0.15) is 5.75 Å². The van der Waals surface area contributed by atoms with Gasteiger partial charge in [0.25, 0.3) is 0 Å². The van der Waals surface area contributed by atoms with Gasteiger partial charge in [-0.3, -0.25) is 4.18 Å². The average Bonchev–Trinajstić information content (AvgIpc) is 2.14. The van der Waals surface area contributed by atoms with E-state index in [0.717, 1.165) is 12.1 Å². The van der Waals surface area contributed by atoms with E-state index in [4.69, 9.17) is 0 Å². The van der Waals surface area contributed by atoms with Crippen LogP contribution < -0.4 is 4.74 Å². The Morgan fingerprint density at radius 2 is 2.00 bits per heavy atom. The second kappa shape index (κ2) is 4.63. The Morgan fingerprint density at radius 1 is 1.33 bits per heavy atom. The van der Waals surface area contributed by atoms with Gasteiger partial charge in [0.05, 0.1) is 12.0 Å². The van der Waals surface area contributed by atoms with Crippen LogP contribution in [-0.4, -0.2) is 17.7 Å². The van der Waals surface area contributed by atoms with Gasteiger partial charge in [-0.15, -0.1) is 13.2 Å². The molecule has 0 fully saturated rings. The highest BCUT2D eigenvalue weighted by Crippen LogP contribution is 2.24. The minimum Gasteiger partial charge on any atom is -0.406 e. The zero-order valence-electron chi connectivity index (χ0n) is 7.58. The van der Waals surface area contributed by atoms with Gasteiger partial charge in [-0.25, -0.2) is 4.21 Å². The van der Waals surface area contributed by atoms with Crippen molar-refractivity contribution in [3.8, 4) is 5.75 Å². The molecule has 0 saturated heterocycles. The van der Waals surface area contributed by atoms with Crippen molar-refractivity contribution >= 4 is 11.1 Å². The van der Waals surface area contributed by atoms with Crippen LogP contribution in [0.15, 0.2) is 29.2 Å². The Hall–Kier alpha value is -1.08. The lowest BCUT2D eigenvalue weighted by Gasteiger charge is -2.09. The van der Waals surface area contributed by atoms with Crippen LogP contribution in [0.2, 0.25) is 0 Å². The molecule has 0 aliphatic heterocycles. The van der Waals surface area contributed by atoms with E-state index in [9.17, 15) is 17.4 Å². The van der Waals surface area contributed by atoms with Crippen LogP contribution in [-0.2, 0) is 15.3 Å². The molecule has 3 nitrogen and oxygen atoms in total. The summed E-state index contributed by atoms with van der Waals surface area (Å²) in [6.07, 6.45) is -4.76. The lowest BCUT2D eigenvalue weighted by Crippen LogP contribution is -2.17. The summed E-state index contributed by atoms with van der Waals surface area (Å²) < 4.78 is 54.7. The molecule has 0 aromatic heterocycles. The van der Waals surface area contributed by atoms with Crippen LogP contribution in [0.25, 0.3) is 0 Å². The van der Waals surface area contributed by atoms with Crippen molar-refractivity contribution in [2.24, 2.45) is 0 Å². The summed E-state index contributed by atoms with van der Waals surface area (Å²) in [7, 11) is 1.19. The predicted molar refractivity (Wildman–Crippen MR) is 46.5 cm³/mol. The monoisotopic (exact) mass is 240 g/mol. The van der Waals surface area contributed by atoms with Crippen LogP contribution in [0.1, 0.15) is 0 Å².